The molecule has 0 spiro atoms. The molecule has 29 heavy (non-hydrogen) atoms. The molecular formula is C20H26N4O4S. The predicted octanol–water partition coefficient (Wildman–Crippen LogP) is 2.65. The number of hydrogen-bond acceptors (Lipinski definition) is 5. The highest BCUT2D eigenvalue weighted by Crippen LogP contribution is 2.31. The average Bonchev–Trinajstić information content (AvgIpc) is 3.13. The summed E-state index contributed by atoms with van der Waals surface area (Å²) in [6.07, 6.45) is 9.17. The molecule has 2 heterocycles. The molecular weight excluding hydrogens is 392 g/mol. The Morgan fingerprint density at radius 3 is 2.69 bits per heavy atom. The quantitative estimate of drug-likeness (QED) is 0.698. The second-order valence-electron chi connectivity index (χ2n) is 6.83. The van der Waals surface area contributed by atoms with Crippen LogP contribution in [0.1, 0.15) is 31.7 Å². The minimum absolute atomic E-state index is 0.0790. The zero-order valence-electron chi connectivity index (χ0n) is 16.7. The van der Waals surface area contributed by atoms with Crippen LogP contribution in [0.5, 0.6) is 5.75 Å². The topological polar surface area (TPSA) is 93.5 Å². The fourth-order valence-corrected chi connectivity index (χ4v) is 4.86. The van der Waals surface area contributed by atoms with E-state index in [1.807, 2.05) is 0 Å². The van der Waals surface area contributed by atoms with Crippen LogP contribution in [0.15, 0.2) is 41.6 Å². The maximum atomic E-state index is 13.1. The van der Waals surface area contributed by atoms with Crippen molar-refractivity contribution in [1.82, 2.24) is 14.1 Å². The summed E-state index contributed by atoms with van der Waals surface area (Å²) in [6, 6.07) is 4.68. The van der Waals surface area contributed by atoms with Gasteiger partial charge in [0.2, 0.25) is 15.9 Å². The Morgan fingerprint density at radius 1 is 1.28 bits per heavy atom. The summed E-state index contributed by atoms with van der Waals surface area (Å²) < 4.78 is 35.0. The van der Waals surface area contributed by atoms with Gasteiger partial charge in [-0.15, -0.1) is 0 Å². The number of hydrogen-bond donors (Lipinski definition) is 1. The Labute approximate surface area is 171 Å². The number of rotatable bonds is 7. The number of nitrogens with one attached hydrogen (secondary N) is 1. The van der Waals surface area contributed by atoms with Gasteiger partial charge in [0.05, 0.1) is 12.8 Å². The lowest BCUT2D eigenvalue weighted by Crippen LogP contribution is -2.35. The largest absolute Gasteiger partial charge is 0.492 e. The maximum Gasteiger partial charge on any atom is 0.248 e. The molecule has 1 fully saturated rings. The van der Waals surface area contributed by atoms with E-state index in [4.69, 9.17) is 4.74 Å². The molecule has 0 unspecified atom stereocenters. The van der Waals surface area contributed by atoms with Crippen molar-refractivity contribution in [2.45, 2.75) is 31.1 Å². The van der Waals surface area contributed by atoms with Crippen LogP contribution in [0.25, 0.3) is 6.08 Å². The molecule has 1 amide bonds. The molecule has 0 radical (unpaired) electrons. The minimum atomic E-state index is -3.70. The first-order valence-electron chi connectivity index (χ1n) is 9.65. The van der Waals surface area contributed by atoms with Gasteiger partial charge in [0, 0.05) is 43.7 Å². The number of anilines is 1. The van der Waals surface area contributed by atoms with Crippen LogP contribution in [0.4, 0.5) is 5.69 Å². The lowest BCUT2D eigenvalue weighted by atomic mass is 10.2. The molecule has 1 N–H and O–H groups in total. The maximum absolute atomic E-state index is 13.1. The fraction of sp³-hybridized carbons (Fsp3) is 0.400. The average molecular weight is 419 g/mol. The number of nitrogens with zero attached hydrogens (tertiary/aromatic N) is 3. The van der Waals surface area contributed by atoms with Crippen molar-refractivity contribution < 1.29 is 17.9 Å². The Balaban J connectivity index is 1.82. The van der Waals surface area contributed by atoms with E-state index in [0.717, 1.165) is 24.8 Å². The first-order valence-corrected chi connectivity index (χ1v) is 11.1. The van der Waals surface area contributed by atoms with Crippen molar-refractivity contribution >= 4 is 27.7 Å². The molecule has 1 aromatic carbocycles. The van der Waals surface area contributed by atoms with E-state index in [0.29, 0.717) is 31.1 Å². The highest BCUT2D eigenvalue weighted by Gasteiger charge is 2.29. The predicted molar refractivity (Wildman–Crippen MR) is 111 cm³/mol. The van der Waals surface area contributed by atoms with Crippen LogP contribution in [0.3, 0.4) is 0 Å². The van der Waals surface area contributed by atoms with Crippen LogP contribution in [0, 0.1) is 0 Å². The van der Waals surface area contributed by atoms with Crippen molar-refractivity contribution in [3.05, 3.63) is 42.2 Å². The van der Waals surface area contributed by atoms with Crippen LogP contribution in [0.2, 0.25) is 0 Å². The summed E-state index contributed by atoms with van der Waals surface area (Å²) >= 11 is 0. The highest BCUT2D eigenvalue weighted by molar-refractivity contribution is 7.89. The van der Waals surface area contributed by atoms with E-state index < -0.39 is 10.0 Å². The normalized spacial score (nSPS) is 15.5. The summed E-state index contributed by atoms with van der Waals surface area (Å²) in [5, 5.41) is 6.75. The zero-order valence-corrected chi connectivity index (χ0v) is 17.5. The third-order valence-corrected chi connectivity index (χ3v) is 6.52. The van der Waals surface area contributed by atoms with E-state index in [-0.39, 0.29) is 10.8 Å². The van der Waals surface area contributed by atoms with Crippen LogP contribution in [-0.4, -0.2) is 48.1 Å². The highest BCUT2D eigenvalue weighted by atomic mass is 32.2. The summed E-state index contributed by atoms with van der Waals surface area (Å²) in [5.74, 6) is -0.0682. The van der Waals surface area contributed by atoms with Crippen molar-refractivity contribution in [1.29, 1.82) is 0 Å². The Bertz CT molecular complexity index is 992. The third kappa shape index (κ3) is 5.24. The number of aryl methyl sites for hydroxylation is 1. The third-order valence-electron chi connectivity index (χ3n) is 4.60. The van der Waals surface area contributed by atoms with Gasteiger partial charge in [0.1, 0.15) is 10.6 Å². The van der Waals surface area contributed by atoms with E-state index >= 15 is 0 Å². The molecule has 2 aromatic rings. The molecule has 0 bridgehead atoms. The van der Waals surface area contributed by atoms with Gasteiger partial charge in [-0.2, -0.15) is 9.40 Å². The van der Waals surface area contributed by atoms with Gasteiger partial charge in [-0.05, 0) is 44.0 Å². The van der Waals surface area contributed by atoms with Crippen molar-refractivity contribution in [2.75, 3.05) is 25.0 Å². The smallest absolute Gasteiger partial charge is 0.248 e. The molecule has 8 nitrogen and oxygen atoms in total. The monoisotopic (exact) mass is 418 g/mol. The first-order chi connectivity index (χ1) is 13.9. The number of piperidine rings is 1. The summed E-state index contributed by atoms with van der Waals surface area (Å²) in [5.41, 5.74) is 1.19. The van der Waals surface area contributed by atoms with Crippen LogP contribution < -0.4 is 10.1 Å². The summed E-state index contributed by atoms with van der Waals surface area (Å²) in [7, 11) is -1.90. The summed E-state index contributed by atoms with van der Waals surface area (Å²) in [6.45, 7) is 3.15. The van der Waals surface area contributed by atoms with E-state index in [9.17, 15) is 13.2 Å². The van der Waals surface area contributed by atoms with Crippen molar-refractivity contribution in [3.8, 4) is 5.75 Å². The molecule has 1 saturated heterocycles. The van der Waals surface area contributed by atoms with Gasteiger partial charge < -0.3 is 10.1 Å². The van der Waals surface area contributed by atoms with Gasteiger partial charge in [0.25, 0.3) is 0 Å². The van der Waals surface area contributed by atoms with Crippen molar-refractivity contribution in [2.24, 2.45) is 7.05 Å². The molecule has 0 atom stereocenters. The van der Waals surface area contributed by atoms with Gasteiger partial charge in [-0.1, -0.05) is 6.42 Å². The van der Waals surface area contributed by atoms with Crippen molar-refractivity contribution in [3.63, 3.8) is 0 Å². The SMILES string of the molecule is CCOc1ccc(NC(=O)/C=C/c2cnn(C)c2)cc1S(=O)(=O)N1CCCCC1. The first kappa shape index (κ1) is 21.1. The molecule has 9 heteroatoms. The van der Waals surface area contributed by atoms with Gasteiger partial charge in [-0.25, -0.2) is 8.42 Å². The number of aromatic nitrogens is 2. The zero-order chi connectivity index (χ0) is 20.9. The Hall–Kier alpha value is -2.65. The molecule has 0 aliphatic carbocycles. The van der Waals surface area contributed by atoms with Crippen LogP contribution in [-0.2, 0) is 21.9 Å². The molecule has 1 aliphatic rings. The minimum Gasteiger partial charge on any atom is -0.492 e. The number of benzene rings is 1. The Kier molecular flexibility index (Phi) is 6.71. The van der Waals surface area contributed by atoms with E-state index in [1.165, 1.54) is 16.4 Å². The number of carbonyl (C=O) groups is 1. The molecule has 0 saturated carbocycles. The number of carbonyl (C=O) groups excluding carboxylic acids is 1. The number of ether oxygens (including phenoxy) is 1. The lowest BCUT2D eigenvalue weighted by molar-refractivity contribution is -0.111. The Morgan fingerprint density at radius 2 is 2.03 bits per heavy atom. The van der Waals surface area contributed by atoms with Gasteiger partial charge in [-0.3, -0.25) is 9.48 Å². The van der Waals surface area contributed by atoms with Gasteiger partial charge in [0.15, 0.2) is 0 Å². The molecule has 156 valence electrons. The van der Waals surface area contributed by atoms with E-state index in [2.05, 4.69) is 10.4 Å². The molecule has 1 aromatic heterocycles. The molecule has 1 aliphatic heterocycles. The van der Waals surface area contributed by atoms with E-state index in [1.54, 1.807) is 49.3 Å². The standard InChI is InChI=1S/C20H26N4O4S/c1-3-28-18-9-8-17(22-20(25)10-7-16-14-21-23(2)15-16)13-19(18)29(26,27)24-11-5-4-6-12-24/h7-10,13-15H,3-6,11-12H2,1-2H3,(H,22,25)/b10-7+. The molecule has 3 rings (SSSR count). The second-order valence-corrected chi connectivity index (χ2v) is 8.74. The van der Waals surface area contributed by atoms with Crippen LogP contribution >= 0.6 is 0 Å². The fourth-order valence-electron chi connectivity index (χ4n) is 3.19. The second kappa shape index (κ2) is 9.23. The van der Waals surface area contributed by atoms with Gasteiger partial charge >= 0.3 is 0 Å². The lowest BCUT2D eigenvalue weighted by Gasteiger charge is -2.26. The number of amides is 1. The number of sulfonamides is 1. The summed E-state index contributed by atoms with van der Waals surface area (Å²) in [4.78, 5) is 12.3.